The molecule has 0 aromatic heterocycles. The summed E-state index contributed by atoms with van der Waals surface area (Å²) in [6, 6.07) is 0. The van der Waals surface area contributed by atoms with Gasteiger partial charge in [0.05, 0.1) is 12.9 Å². The average molecular weight is 202 g/mol. The van der Waals surface area contributed by atoms with E-state index in [9.17, 15) is 8.42 Å². The van der Waals surface area contributed by atoms with Gasteiger partial charge in [-0.05, 0) is 18.8 Å². The van der Waals surface area contributed by atoms with E-state index in [0.29, 0.717) is 5.92 Å². The topological polar surface area (TPSA) is 43.4 Å². The molecule has 0 amide bonds. The van der Waals surface area contributed by atoms with E-state index < -0.39 is 10.1 Å². The third-order valence-corrected chi connectivity index (χ3v) is 2.45. The van der Waals surface area contributed by atoms with Crippen molar-refractivity contribution in [1.29, 1.82) is 0 Å². The summed E-state index contributed by atoms with van der Waals surface area (Å²) in [6.07, 6.45) is 10.9. The minimum Gasteiger partial charge on any atom is -0.270 e. The van der Waals surface area contributed by atoms with Gasteiger partial charge >= 0.3 is 0 Å². The first kappa shape index (κ1) is 10.5. The summed E-state index contributed by atoms with van der Waals surface area (Å²) in [5, 5.41) is 0. The fraction of sp³-hybridized carbons (Fsp3) is 0.556. The van der Waals surface area contributed by atoms with Crippen molar-refractivity contribution < 1.29 is 12.6 Å². The van der Waals surface area contributed by atoms with Gasteiger partial charge in [0.25, 0.3) is 10.1 Å². The van der Waals surface area contributed by atoms with Gasteiger partial charge in [-0.25, -0.2) is 0 Å². The maximum absolute atomic E-state index is 10.6. The van der Waals surface area contributed by atoms with Crippen molar-refractivity contribution in [2.75, 3.05) is 12.9 Å². The van der Waals surface area contributed by atoms with Gasteiger partial charge in [-0.1, -0.05) is 24.3 Å². The Morgan fingerprint density at radius 1 is 1.46 bits per heavy atom. The lowest BCUT2D eigenvalue weighted by atomic mass is 9.98. The lowest BCUT2D eigenvalue weighted by molar-refractivity contribution is 0.297. The fourth-order valence-electron chi connectivity index (χ4n) is 1.20. The summed E-state index contributed by atoms with van der Waals surface area (Å²) in [7, 11) is -3.27. The predicted molar refractivity (Wildman–Crippen MR) is 51.8 cm³/mol. The highest BCUT2D eigenvalue weighted by atomic mass is 32.2. The van der Waals surface area contributed by atoms with Crippen molar-refractivity contribution >= 4 is 10.1 Å². The lowest BCUT2D eigenvalue weighted by Crippen LogP contribution is -2.08. The number of rotatable bonds is 4. The van der Waals surface area contributed by atoms with Crippen LogP contribution in [0.1, 0.15) is 12.8 Å². The molecule has 0 saturated carbocycles. The molecule has 1 aliphatic rings. The normalized spacial score (nSPS) is 22.1. The molecule has 0 spiro atoms. The molecule has 3 nitrogen and oxygen atoms in total. The van der Waals surface area contributed by atoms with Crippen LogP contribution in [0.4, 0.5) is 0 Å². The first-order chi connectivity index (χ1) is 6.08. The van der Waals surface area contributed by atoms with Gasteiger partial charge in [0.1, 0.15) is 0 Å². The Bertz CT molecular complexity index is 301. The predicted octanol–water partition coefficient (Wildman–Crippen LogP) is 1.49. The zero-order valence-corrected chi connectivity index (χ0v) is 8.46. The highest BCUT2D eigenvalue weighted by molar-refractivity contribution is 7.85. The smallest absolute Gasteiger partial charge is 0.264 e. The van der Waals surface area contributed by atoms with Crippen LogP contribution in [0.2, 0.25) is 0 Å². The quantitative estimate of drug-likeness (QED) is 0.649. The Kier molecular flexibility index (Phi) is 3.69. The number of allylic oxidation sites excluding steroid dienone is 4. The second-order valence-electron chi connectivity index (χ2n) is 3.12. The summed E-state index contributed by atoms with van der Waals surface area (Å²) in [5.74, 6) is 0.423. The van der Waals surface area contributed by atoms with Gasteiger partial charge in [-0.15, -0.1) is 0 Å². The fourth-order valence-corrected chi connectivity index (χ4v) is 1.60. The van der Waals surface area contributed by atoms with Crippen molar-refractivity contribution in [3.63, 3.8) is 0 Å². The van der Waals surface area contributed by atoms with E-state index >= 15 is 0 Å². The van der Waals surface area contributed by atoms with Crippen molar-refractivity contribution in [3.05, 3.63) is 24.3 Å². The molecule has 1 atom stereocenters. The molecule has 74 valence electrons. The second kappa shape index (κ2) is 4.58. The molecule has 0 N–H and O–H groups in total. The lowest BCUT2D eigenvalue weighted by Gasteiger charge is -2.11. The SMILES string of the molecule is CS(=O)(=O)OCCC1C=CC=CC1. The van der Waals surface area contributed by atoms with Crippen molar-refractivity contribution in [1.82, 2.24) is 0 Å². The Morgan fingerprint density at radius 2 is 2.23 bits per heavy atom. The molecule has 0 aromatic carbocycles. The second-order valence-corrected chi connectivity index (χ2v) is 4.77. The van der Waals surface area contributed by atoms with Crippen LogP contribution in [0, 0.1) is 5.92 Å². The summed E-state index contributed by atoms with van der Waals surface area (Å²) in [5.41, 5.74) is 0. The molecule has 0 aliphatic heterocycles. The van der Waals surface area contributed by atoms with Crippen LogP contribution < -0.4 is 0 Å². The summed E-state index contributed by atoms with van der Waals surface area (Å²) >= 11 is 0. The molecule has 1 aliphatic carbocycles. The van der Waals surface area contributed by atoms with Gasteiger partial charge in [0, 0.05) is 0 Å². The van der Waals surface area contributed by atoms with E-state index in [4.69, 9.17) is 0 Å². The van der Waals surface area contributed by atoms with Crippen LogP contribution in [0.15, 0.2) is 24.3 Å². The molecule has 0 saturated heterocycles. The summed E-state index contributed by atoms with van der Waals surface area (Å²) < 4.78 is 25.9. The van der Waals surface area contributed by atoms with Gasteiger partial charge in [-0.3, -0.25) is 4.18 Å². The van der Waals surface area contributed by atoms with Crippen molar-refractivity contribution in [2.45, 2.75) is 12.8 Å². The van der Waals surface area contributed by atoms with Crippen LogP contribution in [0.5, 0.6) is 0 Å². The molecule has 0 radical (unpaired) electrons. The Labute approximate surface area is 79.2 Å². The minimum absolute atomic E-state index is 0.279. The number of hydrogen-bond acceptors (Lipinski definition) is 3. The zero-order valence-electron chi connectivity index (χ0n) is 7.64. The zero-order chi connectivity index (χ0) is 9.73. The van der Waals surface area contributed by atoms with E-state index in [-0.39, 0.29) is 6.61 Å². The first-order valence-corrected chi connectivity index (χ1v) is 6.07. The van der Waals surface area contributed by atoms with Crippen LogP contribution in [0.25, 0.3) is 0 Å². The van der Waals surface area contributed by atoms with Gasteiger partial charge < -0.3 is 0 Å². The van der Waals surface area contributed by atoms with E-state index in [1.54, 1.807) is 0 Å². The monoisotopic (exact) mass is 202 g/mol. The van der Waals surface area contributed by atoms with E-state index in [0.717, 1.165) is 19.1 Å². The van der Waals surface area contributed by atoms with Gasteiger partial charge in [-0.2, -0.15) is 8.42 Å². The molecule has 1 rings (SSSR count). The number of hydrogen-bond donors (Lipinski definition) is 0. The standard InChI is InChI=1S/C9H14O3S/c1-13(10,11)12-8-7-9-5-3-2-4-6-9/h2-5,9H,6-8H2,1H3. The Balaban J connectivity index is 2.20. The Morgan fingerprint density at radius 3 is 2.77 bits per heavy atom. The van der Waals surface area contributed by atoms with E-state index in [2.05, 4.69) is 16.3 Å². The van der Waals surface area contributed by atoms with Crippen molar-refractivity contribution in [3.8, 4) is 0 Å². The average Bonchev–Trinajstić information content (AvgIpc) is 2.04. The van der Waals surface area contributed by atoms with Crippen LogP contribution >= 0.6 is 0 Å². The molecule has 0 heterocycles. The van der Waals surface area contributed by atoms with Crippen LogP contribution in [-0.2, 0) is 14.3 Å². The highest BCUT2D eigenvalue weighted by Crippen LogP contribution is 2.15. The van der Waals surface area contributed by atoms with Crippen LogP contribution in [-0.4, -0.2) is 21.3 Å². The van der Waals surface area contributed by atoms with E-state index in [1.807, 2.05) is 12.2 Å². The molecule has 4 heteroatoms. The maximum Gasteiger partial charge on any atom is 0.264 e. The molecule has 0 bridgehead atoms. The molecule has 13 heavy (non-hydrogen) atoms. The Hall–Kier alpha value is -0.610. The molecule has 0 aromatic rings. The first-order valence-electron chi connectivity index (χ1n) is 4.26. The summed E-state index contributed by atoms with van der Waals surface area (Å²) in [6.45, 7) is 0.279. The summed E-state index contributed by atoms with van der Waals surface area (Å²) in [4.78, 5) is 0. The van der Waals surface area contributed by atoms with Crippen molar-refractivity contribution in [2.24, 2.45) is 5.92 Å². The van der Waals surface area contributed by atoms with Crippen LogP contribution in [0.3, 0.4) is 0 Å². The molecule has 1 unspecified atom stereocenters. The van der Waals surface area contributed by atoms with Gasteiger partial charge in [0.15, 0.2) is 0 Å². The molecular formula is C9H14O3S. The minimum atomic E-state index is -3.27. The third-order valence-electron chi connectivity index (χ3n) is 1.86. The van der Waals surface area contributed by atoms with Gasteiger partial charge in [0.2, 0.25) is 0 Å². The largest absolute Gasteiger partial charge is 0.270 e. The highest BCUT2D eigenvalue weighted by Gasteiger charge is 2.07. The third kappa shape index (κ3) is 4.85. The van der Waals surface area contributed by atoms with E-state index in [1.165, 1.54) is 0 Å². The molecule has 0 fully saturated rings. The molecular weight excluding hydrogens is 188 g/mol. The maximum atomic E-state index is 10.6.